The van der Waals surface area contributed by atoms with Crippen molar-refractivity contribution in [1.82, 2.24) is 5.32 Å². The molecule has 0 bridgehead atoms. The second kappa shape index (κ2) is 7.25. The van der Waals surface area contributed by atoms with Crippen molar-refractivity contribution >= 4 is 0 Å². The molecule has 0 amide bonds. The van der Waals surface area contributed by atoms with Crippen LogP contribution in [0.2, 0.25) is 0 Å². The third-order valence-electron chi connectivity index (χ3n) is 3.58. The van der Waals surface area contributed by atoms with Crippen molar-refractivity contribution in [3.8, 4) is 0 Å². The molecule has 3 heteroatoms. The lowest BCUT2D eigenvalue weighted by molar-refractivity contribution is 0.0286. The van der Waals surface area contributed by atoms with Crippen LogP contribution in [-0.2, 0) is 9.47 Å². The van der Waals surface area contributed by atoms with Gasteiger partial charge in [0.05, 0.1) is 18.8 Å². The van der Waals surface area contributed by atoms with E-state index in [0.717, 1.165) is 26.3 Å². The van der Waals surface area contributed by atoms with Crippen molar-refractivity contribution in [1.29, 1.82) is 0 Å². The molecule has 94 valence electrons. The molecule has 0 spiro atoms. The first-order valence-electron chi connectivity index (χ1n) is 6.89. The van der Waals surface area contributed by atoms with Crippen LogP contribution in [-0.4, -0.2) is 38.5 Å². The van der Waals surface area contributed by atoms with Crippen LogP contribution in [0.4, 0.5) is 0 Å². The molecule has 0 aromatic heterocycles. The Morgan fingerprint density at radius 3 is 2.69 bits per heavy atom. The second-order valence-corrected chi connectivity index (χ2v) is 4.97. The van der Waals surface area contributed by atoms with Gasteiger partial charge in [0, 0.05) is 19.7 Å². The lowest BCUT2D eigenvalue weighted by Crippen LogP contribution is -2.30. The highest BCUT2D eigenvalue weighted by Crippen LogP contribution is 2.19. The Balaban J connectivity index is 1.42. The maximum atomic E-state index is 5.84. The Labute approximate surface area is 98.9 Å². The van der Waals surface area contributed by atoms with Gasteiger partial charge >= 0.3 is 0 Å². The van der Waals surface area contributed by atoms with Gasteiger partial charge in [0.1, 0.15) is 0 Å². The van der Waals surface area contributed by atoms with Crippen molar-refractivity contribution < 1.29 is 9.47 Å². The highest BCUT2D eigenvalue weighted by atomic mass is 16.5. The monoisotopic (exact) mass is 227 g/mol. The highest BCUT2D eigenvalue weighted by Gasteiger charge is 2.15. The van der Waals surface area contributed by atoms with Gasteiger partial charge in [0.15, 0.2) is 0 Å². The summed E-state index contributed by atoms with van der Waals surface area (Å²) in [6, 6.07) is 0. The van der Waals surface area contributed by atoms with Crippen molar-refractivity contribution in [2.75, 3.05) is 26.3 Å². The highest BCUT2D eigenvalue weighted by molar-refractivity contribution is 4.68. The smallest absolute Gasteiger partial charge is 0.0700 e. The Hall–Kier alpha value is -0.120. The van der Waals surface area contributed by atoms with E-state index < -0.39 is 0 Å². The number of hydrogen-bond donors (Lipinski definition) is 1. The Morgan fingerprint density at radius 2 is 1.94 bits per heavy atom. The normalized spacial score (nSPS) is 27.4. The van der Waals surface area contributed by atoms with Gasteiger partial charge < -0.3 is 14.8 Å². The molecule has 3 nitrogen and oxygen atoms in total. The van der Waals surface area contributed by atoms with Crippen LogP contribution >= 0.6 is 0 Å². The molecule has 1 aliphatic carbocycles. The Kier molecular flexibility index (Phi) is 5.59. The SMILES string of the molecule is C1CCC(OCCNCC2CCCO2)CC1. The van der Waals surface area contributed by atoms with E-state index in [-0.39, 0.29) is 0 Å². The van der Waals surface area contributed by atoms with Crippen LogP contribution < -0.4 is 5.32 Å². The summed E-state index contributed by atoms with van der Waals surface area (Å²) in [5.74, 6) is 0. The maximum Gasteiger partial charge on any atom is 0.0700 e. The molecule has 2 aliphatic rings. The molecule has 1 atom stereocenters. The van der Waals surface area contributed by atoms with Crippen LogP contribution in [0.25, 0.3) is 0 Å². The second-order valence-electron chi connectivity index (χ2n) is 4.97. The predicted octanol–water partition coefficient (Wildman–Crippen LogP) is 2.10. The zero-order chi connectivity index (χ0) is 11.1. The topological polar surface area (TPSA) is 30.5 Å². The van der Waals surface area contributed by atoms with Gasteiger partial charge in [-0.3, -0.25) is 0 Å². The zero-order valence-corrected chi connectivity index (χ0v) is 10.2. The van der Waals surface area contributed by atoms with Crippen LogP contribution in [0.15, 0.2) is 0 Å². The molecule has 1 N–H and O–H groups in total. The maximum absolute atomic E-state index is 5.84. The summed E-state index contributed by atoms with van der Waals surface area (Å²) in [6.45, 7) is 3.77. The summed E-state index contributed by atoms with van der Waals surface area (Å²) in [6.07, 6.45) is 10.1. The Morgan fingerprint density at radius 1 is 1.06 bits per heavy atom. The summed E-state index contributed by atoms with van der Waals surface area (Å²) in [4.78, 5) is 0. The van der Waals surface area contributed by atoms with E-state index in [9.17, 15) is 0 Å². The molecule has 16 heavy (non-hydrogen) atoms. The summed E-state index contributed by atoms with van der Waals surface area (Å²) in [5, 5.41) is 3.42. The fourth-order valence-corrected chi connectivity index (χ4v) is 2.60. The molecular formula is C13H25NO2. The molecule has 1 heterocycles. The van der Waals surface area contributed by atoms with E-state index in [4.69, 9.17) is 9.47 Å². The lowest BCUT2D eigenvalue weighted by Gasteiger charge is -2.22. The van der Waals surface area contributed by atoms with E-state index >= 15 is 0 Å². The van der Waals surface area contributed by atoms with Gasteiger partial charge in [0.25, 0.3) is 0 Å². The average Bonchev–Trinajstić information content (AvgIpc) is 2.83. The van der Waals surface area contributed by atoms with Crippen LogP contribution in [0.3, 0.4) is 0 Å². The van der Waals surface area contributed by atoms with E-state index in [1.165, 1.54) is 44.9 Å². The van der Waals surface area contributed by atoms with Gasteiger partial charge in [-0.15, -0.1) is 0 Å². The van der Waals surface area contributed by atoms with Gasteiger partial charge in [-0.25, -0.2) is 0 Å². The summed E-state index contributed by atoms with van der Waals surface area (Å²) in [7, 11) is 0. The molecule has 0 aromatic rings. The van der Waals surface area contributed by atoms with E-state index in [1.807, 2.05) is 0 Å². The fourth-order valence-electron chi connectivity index (χ4n) is 2.60. The molecule has 0 aromatic carbocycles. The predicted molar refractivity (Wildman–Crippen MR) is 64.7 cm³/mol. The average molecular weight is 227 g/mol. The van der Waals surface area contributed by atoms with Crippen molar-refractivity contribution in [2.24, 2.45) is 0 Å². The summed E-state index contributed by atoms with van der Waals surface area (Å²) < 4.78 is 11.4. The van der Waals surface area contributed by atoms with E-state index in [1.54, 1.807) is 0 Å². The third kappa shape index (κ3) is 4.40. The Bertz CT molecular complexity index is 175. The molecule has 2 rings (SSSR count). The first kappa shape index (κ1) is 12.3. The number of hydrogen-bond acceptors (Lipinski definition) is 3. The lowest BCUT2D eigenvalue weighted by atomic mass is 9.98. The first-order valence-corrected chi connectivity index (χ1v) is 6.89. The summed E-state index contributed by atoms with van der Waals surface area (Å²) in [5.41, 5.74) is 0. The first-order chi connectivity index (χ1) is 7.95. The van der Waals surface area contributed by atoms with Crippen LogP contribution in [0.1, 0.15) is 44.9 Å². The fraction of sp³-hybridized carbons (Fsp3) is 1.00. The zero-order valence-electron chi connectivity index (χ0n) is 10.2. The van der Waals surface area contributed by atoms with Gasteiger partial charge in [0.2, 0.25) is 0 Å². The molecule has 2 fully saturated rings. The number of ether oxygens (including phenoxy) is 2. The van der Waals surface area contributed by atoms with Crippen LogP contribution in [0, 0.1) is 0 Å². The largest absolute Gasteiger partial charge is 0.377 e. The standard InChI is InChI=1S/C13H25NO2/c1-2-5-12(6-3-1)16-10-8-14-11-13-7-4-9-15-13/h12-14H,1-11H2. The van der Waals surface area contributed by atoms with Crippen molar-refractivity contribution in [3.63, 3.8) is 0 Å². The van der Waals surface area contributed by atoms with E-state index in [0.29, 0.717) is 12.2 Å². The molecule has 1 unspecified atom stereocenters. The minimum Gasteiger partial charge on any atom is -0.377 e. The third-order valence-corrected chi connectivity index (χ3v) is 3.58. The molecular weight excluding hydrogens is 202 g/mol. The van der Waals surface area contributed by atoms with Gasteiger partial charge in [-0.05, 0) is 25.7 Å². The van der Waals surface area contributed by atoms with Gasteiger partial charge in [-0.2, -0.15) is 0 Å². The van der Waals surface area contributed by atoms with E-state index in [2.05, 4.69) is 5.32 Å². The molecule has 1 aliphatic heterocycles. The molecule has 0 radical (unpaired) electrons. The van der Waals surface area contributed by atoms with Crippen molar-refractivity contribution in [2.45, 2.75) is 57.2 Å². The minimum atomic E-state index is 0.453. The van der Waals surface area contributed by atoms with Crippen LogP contribution in [0.5, 0.6) is 0 Å². The quantitative estimate of drug-likeness (QED) is 0.705. The molecule has 1 saturated carbocycles. The number of rotatable bonds is 6. The minimum absolute atomic E-state index is 0.453. The van der Waals surface area contributed by atoms with Crippen molar-refractivity contribution in [3.05, 3.63) is 0 Å². The number of nitrogens with one attached hydrogen (secondary N) is 1. The van der Waals surface area contributed by atoms with Gasteiger partial charge in [-0.1, -0.05) is 19.3 Å². The summed E-state index contributed by atoms with van der Waals surface area (Å²) >= 11 is 0. The molecule has 1 saturated heterocycles.